The van der Waals surface area contributed by atoms with Gasteiger partial charge in [0.05, 0.1) is 16.4 Å². The summed E-state index contributed by atoms with van der Waals surface area (Å²) in [4.78, 5) is 4.70. The maximum atomic E-state index is 6.34. The van der Waals surface area contributed by atoms with Gasteiger partial charge in [-0.15, -0.1) is 11.6 Å². The fourth-order valence-electron chi connectivity index (χ4n) is 2.62. The molecule has 3 rings (SSSR count). The standard InChI is InChI=1S/C18H19ClN2/c1-4-14-6-8-15(9-7-14)21-17-11-12(2)5-10-16(17)20-18(21)13(3)19/h5-11,13H,4H2,1-3H3. The number of aromatic nitrogens is 2. The van der Waals surface area contributed by atoms with Crippen molar-refractivity contribution in [3.05, 3.63) is 59.4 Å². The van der Waals surface area contributed by atoms with Gasteiger partial charge in [-0.3, -0.25) is 4.57 Å². The highest BCUT2D eigenvalue weighted by atomic mass is 35.5. The Morgan fingerprint density at radius 3 is 2.48 bits per heavy atom. The molecule has 0 spiro atoms. The summed E-state index contributed by atoms with van der Waals surface area (Å²) in [5.74, 6) is 0.890. The fourth-order valence-corrected chi connectivity index (χ4v) is 2.77. The minimum Gasteiger partial charge on any atom is -0.295 e. The topological polar surface area (TPSA) is 17.8 Å². The van der Waals surface area contributed by atoms with E-state index in [0.717, 1.165) is 29.0 Å². The second kappa shape index (κ2) is 5.53. The van der Waals surface area contributed by atoms with E-state index < -0.39 is 0 Å². The van der Waals surface area contributed by atoms with E-state index in [0.29, 0.717) is 0 Å². The zero-order chi connectivity index (χ0) is 15.0. The van der Waals surface area contributed by atoms with Crippen LogP contribution in [0.4, 0.5) is 0 Å². The first-order chi connectivity index (χ1) is 10.1. The van der Waals surface area contributed by atoms with Gasteiger partial charge < -0.3 is 0 Å². The van der Waals surface area contributed by atoms with Gasteiger partial charge in [-0.2, -0.15) is 0 Å². The van der Waals surface area contributed by atoms with Gasteiger partial charge in [0.1, 0.15) is 5.82 Å². The van der Waals surface area contributed by atoms with Gasteiger partial charge in [0.2, 0.25) is 0 Å². The van der Waals surface area contributed by atoms with Crippen molar-refractivity contribution in [1.29, 1.82) is 0 Å². The molecule has 0 amide bonds. The highest BCUT2D eigenvalue weighted by Gasteiger charge is 2.16. The molecule has 3 aromatic rings. The SMILES string of the molecule is CCc1ccc(-n2c(C(C)Cl)nc3ccc(C)cc32)cc1. The van der Waals surface area contributed by atoms with Crippen molar-refractivity contribution < 1.29 is 0 Å². The molecule has 0 saturated heterocycles. The molecular formula is C18H19ClN2. The van der Waals surface area contributed by atoms with Gasteiger partial charge in [-0.05, 0) is 55.7 Å². The summed E-state index contributed by atoms with van der Waals surface area (Å²) < 4.78 is 2.17. The number of nitrogens with zero attached hydrogens (tertiary/aromatic N) is 2. The molecule has 0 N–H and O–H groups in total. The fraction of sp³-hybridized carbons (Fsp3) is 0.278. The molecule has 1 unspecified atom stereocenters. The summed E-state index contributed by atoms with van der Waals surface area (Å²) in [5.41, 5.74) is 5.77. The molecule has 0 saturated carbocycles. The molecule has 0 bridgehead atoms. The number of hydrogen-bond acceptors (Lipinski definition) is 1. The van der Waals surface area contributed by atoms with Crippen molar-refractivity contribution in [1.82, 2.24) is 9.55 Å². The number of fused-ring (bicyclic) bond motifs is 1. The van der Waals surface area contributed by atoms with Crippen LogP contribution in [0.25, 0.3) is 16.7 Å². The van der Waals surface area contributed by atoms with E-state index in [2.05, 4.69) is 60.9 Å². The molecule has 0 aliphatic rings. The van der Waals surface area contributed by atoms with Crippen LogP contribution in [-0.4, -0.2) is 9.55 Å². The van der Waals surface area contributed by atoms with Gasteiger partial charge in [0, 0.05) is 5.69 Å². The van der Waals surface area contributed by atoms with Crippen molar-refractivity contribution in [2.75, 3.05) is 0 Å². The number of aryl methyl sites for hydroxylation is 2. The lowest BCUT2D eigenvalue weighted by molar-refractivity contribution is 0.881. The Hall–Kier alpha value is -1.80. The highest BCUT2D eigenvalue weighted by Crippen LogP contribution is 2.28. The largest absolute Gasteiger partial charge is 0.295 e. The van der Waals surface area contributed by atoms with Crippen molar-refractivity contribution in [2.24, 2.45) is 0 Å². The molecule has 0 aliphatic carbocycles. The Labute approximate surface area is 130 Å². The van der Waals surface area contributed by atoms with Crippen molar-refractivity contribution in [3.63, 3.8) is 0 Å². The van der Waals surface area contributed by atoms with E-state index in [1.54, 1.807) is 0 Å². The Kier molecular flexibility index (Phi) is 3.73. The zero-order valence-electron chi connectivity index (χ0n) is 12.6. The third-order valence-electron chi connectivity index (χ3n) is 3.79. The van der Waals surface area contributed by atoms with Gasteiger partial charge in [0.15, 0.2) is 0 Å². The first-order valence-electron chi connectivity index (χ1n) is 7.32. The molecule has 1 heterocycles. The average molecular weight is 299 g/mol. The maximum absolute atomic E-state index is 6.34. The third kappa shape index (κ3) is 2.56. The van der Waals surface area contributed by atoms with Crippen molar-refractivity contribution in [2.45, 2.75) is 32.6 Å². The van der Waals surface area contributed by atoms with E-state index in [-0.39, 0.29) is 5.38 Å². The summed E-state index contributed by atoms with van der Waals surface area (Å²) >= 11 is 6.34. The molecule has 108 valence electrons. The lowest BCUT2D eigenvalue weighted by Crippen LogP contribution is -2.02. The Morgan fingerprint density at radius 2 is 1.86 bits per heavy atom. The van der Waals surface area contributed by atoms with E-state index in [9.17, 15) is 0 Å². The van der Waals surface area contributed by atoms with Crippen LogP contribution in [0.1, 0.15) is 36.2 Å². The summed E-state index contributed by atoms with van der Waals surface area (Å²) in [6.07, 6.45) is 1.04. The Morgan fingerprint density at radius 1 is 1.14 bits per heavy atom. The average Bonchev–Trinajstić information content (AvgIpc) is 2.86. The minimum absolute atomic E-state index is 0.136. The smallest absolute Gasteiger partial charge is 0.132 e. The van der Waals surface area contributed by atoms with Crippen LogP contribution < -0.4 is 0 Å². The predicted molar refractivity (Wildman–Crippen MR) is 89.5 cm³/mol. The van der Waals surface area contributed by atoms with Crippen LogP contribution in [-0.2, 0) is 6.42 Å². The lowest BCUT2D eigenvalue weighted by atomic mass is 10.1. The number of benzene rings is 2. The molecule has 0 aliphatic heterocycles. The second-order valence-corrected chi connectivity index (χ2v) is 6.09. The van der Waals surface area contributed by atoms with Crippen LogP contribution in [0, 0.1) is 6.92 Å². The molecule has 1 atom stereocenters. The number of rotatable bonds is 3. The van der Waals surface area contributed by atoms with Crippen LogP contribution in [0.15, 0.2) is 42.5 Å². The van der Waals surface area contributed by atoms with Crippen LogP contribution in [0.5, 0.6) is 0 Å². The minimum atomic E-state index is -0.136. The maximum Gasteiger partial charge on any atom is 0.132 e. The molecule has 3 heteroatoms. The number of hydrogen-bond donors (Lipinski definition) is 0. The second-order valence-electron chi connectivity index (χ2n) is 5.43. The van der Waals surface area contributed by atoms with E-state index >= 15 is 0 Å². The van der Waals surface area contributed by atoms with Crippen molar-refractivity contribution in [3.8, 4) is 5.69 Å². The Balaban J connectivity index is 2.26. The predicted octanol–water partition coefficient (Wildman–Crippen LogP) is 5.20. The quantitative estimate of drug-likeness (QED) is 0.608. The van der Waals surface area contributed by atoms with Crippen LogP contribution in [0.2, 0.25) is 0 Å². The van der Waals surface area contributed by atoms with Crippen LogP contribution >= 0.6 is 11.6 Å². The first kappa shape index (κ1) is 14.2. The number of alkyl halides is 1. The normalized spacial score (nSPS) is 12.8. The molecule has 1 aromatic heterocycles. The van der Waals surface area contributed by atoms with Crippen molar-refractivity contribution >= 4 is 22.6 Å². The van der Waals surface area contributed by atoms with E-state index in [1.807, 2.05) is 6.92 Å². The highest BCUT2D eigenvalue weighted by molar-refractivity contribution is 6.20. The molecule has 2 aromatic carbocycles. The molecule has 2 nitrogen and oxygen atoms in total. The van der Waals surface area contributed by atoms with Gasteiger partial charge in [-0.1, -0.05) is 25.1 Å². The number of halogens is 1. The summed E-state index contributed by atoms with van der Waals surface area (Å²) in [7, 11) is 0. The first-order valence-corrected chi connectivity index (χ1v) is 7.76. The molecule has 21 heavy (non-hydrogen) atoms. The van der Waals surface area contributed by atoms with Gasteiger partial charge >= 0.3 is 0 Å². The third-order valence-corrected chi connectivity index (χ3v) is 3.99. The molecule has 0 fully saturated rings. The number of imidazole rings is 1. The molecular weight excluding hydrogens is 280 g/mol. The monoisotopic (exact) mass is 298 g/mol. The van der Waals surface area contributed by atoms with Gasteiger partial charge in [-0.25, -0.2) is 4.98 Å². The Bertz CT molecular complexity index is 770. The summed E-state index contributed by atoms with van der Waals surface area (Å²) in [6.45, 7) is 6.23. The van der Waals surface area contributed by atoms with E-state index in [1.165, 1.54) is 11.1 Å². The van der Waals surface area contributed by atoms with E-state index in [4.69, 9.17) is 16.6 Å². The van der Waals surface area contributed by atoms with Crippen LogP contribution in [0.3, 0.4) is 0 Å². The summed E-state index contributed by atoms with van der Waals surface area (Å²) in [5, 5.41) is -0.136. The van der Waals surface area contributed by atoms with Gasteiger partial charge in [0.25, 0.3) is 0 Å². The zero-order valence-corrected chi connectivity index (χ0v) is 13.4. The molecule has 0 radical (unpaired) electrons. The summed E-state index contributed by atoms with van der Waals surface area (Å²) in [6, 6.07) is 14.9. The lowest BCUT2D eigenvalue weighted by Gasteiger charge is -2.11.